The van der Waals surface area contributed by atoms with E-state index in [1.807, 2.05) is 49.2 Å². The first kappa shape index (κ1) is 17.5. The predicted octanol–water partition coefficient (Wildman–Crippen LogP) is 2.16. The summed E-state index contributed by atoms with van der Waals surface area (Å²) in [5.74, 6) is 2.38. The molecule has 1 fully saturated rings. The highest BCUT2D eigenvalue weighted by atomic mass is 32.2. The van der Waals surface area contributed by atoms with Crippen molar-refractivity contribution in [3.63, 3.8) is 0 Å². The van der Waals surface area contributed by atoms with Gasteiger partial charge >= 0.3 is 0 Å². The van der Waals surface area contributed by atoms with E-state index in [0.29, 0.717) is 18.2 Å². The molecule has 8 heteroatoms. The van der Waals surface area contributed by atoms with Crippen LogP contribution in [0.2, 0.25) is 0 Å². The van der Waals surface area contributed by atoms with E-state index in [9.17, 15) is 8.42 Å². The first-order valence-electron chi connectivity index (χ1n) is 8.06. The molecule has 0 spiro atoms. The van der Waals surface area contributed by atoms with Crippen LogP contribution in [0.25, 0.3) is 0 Å². The minimum atomic E-state index is -2.94. The molecule has 2 heterocycles. The van der Waals surface area contributed by atoms with E-state index in [4.69, 9.17) is 4.74 Å². The lowest BCUT2D eigenvalue weighted by Gasteiger charge is -2.25. The number of hydrogen-bond donors (Lipinski definition) is 1. The Morgan fingerprint density at radius 1 is 1.24 bits per heavy atom. The number of rotatable bonds is 5. The smallest absolute Gasteiger partial charge is 0.229 e. The summed E-state index contributed by atoms with van der Waals surface area (Å²) < 4.78 is 28.6. The Morgan fingerprint density at radius 3 is 2.56 bits per heavy atom. The van der Waals surface area contributed by atoms with Crippen LogP contribution >= 0.6 is 0 Å². The van der Waals surface area contributed by atoms with Crippen LogP contribution in [0.5, 0.6) is 5.75 Å². The number of sulfone groups is 1. The van der Waals surface area contributed by atoms with Gasteiger partial charge in [-0.3, -0.25) is 0 Å². The minimum absolute atomic E-state index is 0.0480. The van der Waals surface area contributed by atoms with Crippen LogP contribution in [0.3, 0.4) is 0 Å². The maximum Gasteiger partial charge on any atom is 0.229 e. The van der Waals surface area contributed by atoms with Crippen molar-refractivity contribution in [2.75, 3.05) is 35.9 Å². The molecule has 1 N–H and O–H groups in total. The van der Waals surface area contributed by atoms with Gasteiger partial charge in [0, 0.05) is 30.5 Å². The topological polar surface area (TPSA) is 84.4 Å². The molecule has 2 aromatic rings. The van der Waals surface area contributed by atoms with E-state index in [0.717, 1.165) is 17.1 Å². The fourth-order valence-electron chi connectivity index (χ4n) is 2.86. The van der Waals surface area contributed by atoms with Crippen molar-refractivity contribution in [3.05, 3.63) is 36.0 Å². The fourth-order valence-corrected chi connectivity index (χ4v) is 4.63. The number of ether oxygens (including phenoxy) is 1. The highest BCUT2D eigenvalue weighted by Crippen LogP contribution is 2.24. The van der Waals surface area contributed by atoms with E-state index in [2.05, 4.69) is 15.3 Å². The molecule has 1 aliphatic rings. The number of aromatic nitrogens is 2. The van der Waals surface area contributed by atoms with Crippen molar-refractivity contribution in [1.82, 2.24) is 9.97 Å². The second-order valence-electron chi connectivity index (χ2n) is 6.21. The molecule has 0 aliphatic carbocycles. The minimum Gasteiger partial charge on any atom is -0.497 e. The van der Waals surface area contributed by atoms with Crippen LogP contribution in [0, 0.1) is 6.92 Å². The lowest BCUT2D eigenvalue weighted by Crippen LogP contribution is -2.33. The van der Waals surface area contributed by atoms with Crippen molar-refractivity contribution < 1.29 is 13.2 Å². The summed E-state index contributed by atoms with van der Waals surface area (Å²) in [6.07, 6.45) is 0.628. The first-order valence-corrected chi connectivity index (χ1v) is 9.88. The van der Waals surface area contributed by atoms with Crippen molar-refractivity contribution in [3.8, 4) is 5.75 Å². The Labute approximate surface area is 148 Å². The lowest BCUT2D eigenvalue weighted by molar-refractivity contribution is 0.415. The van der Waals surface area contributed by atoms with E-state index in [1.54, 1.807) is 7.11 Å². The number of nitrogens with one attached hydrogen (secondary N) is 1. The molecular formula is C17H22N4O3S. The molecule has 1 aromatic heterocycles. The van der Waals surface area contributed by atoms with Crippen LogP contribution < -0.4 is 15.0 Å². The number of hydrogen-bond acceptors (Lipinski definition) is 7. The van der Waals surface area contributed by atoms with Crippen molar-refractivity contribution in [2.24, 2.45) is 0 Å². The van der Waals surface area contributed by atoms with Crippen LogP contribution in [-0.2, 0) is 9.84 Å². The summed E-state index contributed by atoms with van der Waals surface area (Å²) in [5, 5.41) is 3.18. The van der Waals surface area contributed by atoms with Gasteiger partial charge in [0.15, 0.2) is 9.84 Å². The summed E-state index contributed by atoms with van der Waals surface area (Å²) in [5.41, 5.74) is 1.66. The van der Waals surface area contributed by atoms with E-state index < -0.39 is 9.84 Å². The van der Waals surface area contributed by atoms with Crippen molar-refractivity contribution >= 4 is 27.3 Å². The van der Waals surface area contributed by atoms with E-state index in [1.165, 1.54) is 0 Å². The molecule has 3 rings (SSSR count). The molecule has 1 unspecified atom stereocenters. The largest absolute Gasteiger partial charge is 0.497 e. The zero-order valence-corrected chi connectivity index (χ0v) is 15.4. The first-order chi connectivity index (χ1) is 11.9. The summed E-state index contributed by atoms with van der Waals surface area (Å²) in [4.78, 5) is 10.9. The zero-order chi connectivity index (χ0) is 18.0. The molecule has 1 aromatic carbocycles. The fraction of sp³-hybridized carbons (Fsp3) is 0.412. The summed E-state index contributed by atoms with van der Waals surface area (Å²) in [6.45, 7) is 1.89. The third-order valence-electron chi connectivity index (χ3n) is 4.30. The highest BCUT2D eigenvalue weighted by molar-refractivity contribution is 7.91. The van der Waals surface area contributed by atoms with Gasteiger partial charge in [-0.05, 0) is 37.6 Å². The maximum absolute atomic E-state index is 11.7. The Hall–Kier alpha value is -2.35. The van der Waals surface area contributed by atoms with E-state index >= 15 is 0 Å². The second-order valence-corrected chi connectivity index (χ2v) is 8.44. The Bertz CT molecular complexity index is 853. The van der Waals surface area contributed by atoms with Gasteiger partial charge in [-0.25, -0.2) is 13.4 Å². The van der Waals surface area contributed by atoms with Gasteiger partial charge in [0.05, 0.1) is 18.6 Å². The van der Waals surface area contributed by atoms with Crippen LogP contribution in [0.4, 0.5) is 17.5 Å². The molecule has 0 saturated carbocycles. The monoisotopic (exact) mass is 362 g/mol. The van der Waals surface area contributed by atoms with Crippen molar-refractivity contribution in [2.45, 2.75) is 19.4 Å². The molecule has 25 heavy (non-hydrogen) atoms. The Balaban J connectivity index is 1.80. The zero-order valence-electron chi connectivity index (χ0n) is 14.6. The van der Waals surface area contributed by atoms with Crippen LogP contribution in [-0.4, -0.2) is 50.1 Å². The second kappa shape index (κ2) is 6.87. The quantitative estimate of drug-likeness (QED) is 0.872. The van der Waals surface area contributed by atoms with Gasteiger partial charge in [-0.1, -0.05) is 0 Å². The summed E-state index contributed by atoms with van der Waals surface area (Å²) >= 11 is 0. The van der Waals surface area contributed by atoms with Gasteiger partial charge < -0.3 is 15.0 Å². The number of nitrogens with zero attached hydrogens (tertiary/aromatic N) is 3. The maximum atomic E-state index is 11.7. The molecule has 0 bridgehead atoms. The number of aryl methyl sites for hydroxylation is 1. The SMILES string of the molecule is COc1ccc(Nc2nc(C)cc(N(C)C3CCS(=O)(=O)C3)n2)cc1. The molecule has 134 valence electrons. The normalized spacial score (nSPS) is 18.8. The van der Waals surface area contributed by atoms with Crippen molar-refractivity contribution in [1.29, 1.82) is 0 Å². The molecule has 7 nitrogen and oxygen atoms in total. The van der Waals surface area contributed by atoms with Gasteiger partial charge in [-0.2, -0.15) is 4.98 Å². The number of anilines is 3. The van der Waals surface area contributed by atoms with Gasteiger partial charge in [0.25, 0.3) is 0 Å². The summed E-state index contributed by atoms with van der Waals surface area (Å²) in [7, 11) is 0.565. The van der Waals surface area contributed by atoms with Gasteiger partial charge in [0.1, 0.15) is 11.6 Å². The standard InChI is InChI=1S/C17H22N4O3S/c1-12-10-16(21(2)14-8-9-25(22,23)11-14)20-17(18-12)19-13-4-6-15(24-3)7-5-13/h4-7,10,14H,8-9,11H2,1-3H3,(H,18,19,20). The molecule has 0 radical (unpaired) electrons. The molecule has 1 aliphatic heterocycles. The summed E-state index contributed by atoms with van der Waals surface area (Å²) in [6, 6.07) is 9.30. The number of methoxy groups -OCH3 is 1. The molecule has 1 saturated heterocycles. The van der Waals surface area contributed by atoms with Crippen LogP contribution in [0.1, 0.15) is 12.1 Å². The molecule has 1 atom stereocenters. The molecular weight excluding hydrogens is 340 g/mol. The third kappa shape index (κ3) is 4.19. The Kier molecular flexibility index (Phi) is 4.80. The third-order valence-corrected chi connectivity index (χ3v) is 6.05. The van der Waals surface area contributed by atoms with Gasteiger partial charge in [-0.15, -0.1) is 0 Å². The number of benzene rings is 1. The average molecular weight is 362 g/mol. The molecule has 0 amide bonds. The van der Waals surface area contributed by atoms with E-state index in [-0.39, 0.29) is 17.5 Å². The Morgan fingerprint density at radius 2 is 1.96 bits per heavy atom. The van der Waals surface area contributed by atoms with Crippen LogP contribution in [0.15, 0.2) is 30.3 Å². The average Bonchev–Trinajstić information content (AvgIpc) is 2.94. The predicted molar refractivity (Wildman–Crippen MR) is 98.5 cm³/mol. The van der Waals surface area contributed by atoms with Gasteiger partial charge in [0.2, 0.25) is 5.95 Å². The highest BCUT2D eigenvalue weighted by Gasteiger charge is 2.31. The lowest BCUT2D eigenvalue weighted by atomic mass is 10.2.